The van der Waals surface area contributed by atoms with E-state index in [0.29, 0.717) is 40.1 Å². The van der Waals surface area contributed by atoms with Gasteiger partial charge >= 0.3 is 0 Å². The third-order valence-corrected chi connectivity index (χ3v) is 15.6. The zero-order valence-electron chi connectivity index (χ0n) is 41.8. The van der Waals surface area contributed by atoms with Crippen LogP contribution in [0.5, 0.6) is 0 Å². The van der Waals surface area contributed by atoms with Crippen LogP contribution < -0.4 is 0 Å². The van der Waals surface area contributed by atoms with E-state index in [1.165, 1.54) is 0 Å². The molecular formula is C70H42N8. The van der Waals surface area contributed by atoms with Crippen molar-refractivity contribution in [2.75, 3.05) is 0 Å². The molecule has 0 bridgehead atoms. The van der Waals surface area contributed by atoms with Crippen molar-refractivity contribution in [3.05, 3.63) is 266 Å². The summed E-state index contributed by atoms with van der Waals surface area (Å²) in [6, 6.07) is 89.2. The SMILES string of the molecule is [C-]#[N+]c1c(-n2c3ccccc3c3ccccc32)c(-c2nc(-c3ccccc3)nc(-c3ccccc3)n2)c(-n2c3ccccc3c3ccccc32)c(-n2c3ccccc3c3ccccc32)c1-n1c2ccccc2c2ccccc21. The van der Waals surface area contributed by atoms with E-state index < -0.39 is 0 Å². The van der Waals surface area contributed by atoms with E-state index in [1.807, 2.05) is 36.4 Å². The van der Waals surface area contributed by atoms with Crippen LogP contribution in [-0.4, -0.2) is 33.2 Å². The minimum absolute atomic E-state index is 0.414. The number of nitrogens with zero attached hydrogens (tertiary/aromatic N) is 8. The third-order valence-electron chi connectivity index (χ3n) is 15.6. The maximum absolute atomic E-state index is 10.1. The Labute approximate surface area is 447 Å². The van der Waals surface area contributed by atoms with E-state index in [2.05, 4.69) is 237 Å². The highest BCUT2D eigenvalue weighted by Crippen LogP contribution is 2.54. The lowest BCUT2D eigenvalue weighted by Gasteiger charge is -2.29. The molecule has 0 N–H and O–H groups in total. The highest BCUT2D eigenvalue weighted by Gasteiger charge is 2.36. The first-order valence-electron chi connectivity index (χ1n) is 26.2. The lowest BCUT2D eigenvalue weighted by atomic mass is 10.00. The molecule has 0 fully saturated rings. The van der Waals surface area contributed by atoms with Gasteiger partial charge in [-0.25, -0.2) is 19.8 Å². The van der Waals surface area contributed by atoms with Crippen molar-refractivity contribution in [1.29, 1.82) is 0 Å². The molecule has 0 amide bonds. The number of hydrogen-bond donors (Lipinski definition) is 0. The molecule has 0 radical (unpaired) electrons. The minimum atomic E-state index is 0.414. The fraction of sp³-hybridized carbons (Fsp3) is 0. The van der Waals surface area contributed by atoms with Gasteiger partial charge in [-0.1, -0.05) is 206 Å². The molecule has 0 spiro atoms. The zero-order chi connectivity index (χ0) is 51.4. The number of para-hydroxylation sites is 8. The molecule has 0 aliphatic rings. The first-order chi connectivity index (χ1) is 38.7. The van der Waals surface area contributed by atoms with Crippen LogP contribution >= 0.6 is 0 Å². The minimum Gasteiger partial charge on any atom is -0.318 e. The van der Waals surface area contributed by atoms with Crippen molar-refractivity contribution in [3.63, 3.8) is 0 Å². The quantitative estimate of drug-likeness (QED) is 0.149. The standard InChI is InChI=1S/C70H42N8/c1-71-63-64(75-54-36-16-8-28-46(54)47-29-9-17-37-55(47)75)62(70-73-68(44-24-4-2-5-25-44)72-69(74-70)45-26-6-3-7-27-45)65(76-56-38-18-10-30-48(56)49-31-11-19-39-57(49)76)67(78-60-42-22-14-34-52(60)53-35-15-23-43-61(53)78)66(63)77-58-40-20-12-32-50(58)51-33-13-21-41-59(51)77/h2-43H. The zero-order valence-corrected chi connectivity index (χ0v) is 41.8. The summed E-state index contributed by atoms with van der Waals surface area (Å²) in [5, 5.41) is 8.63. The second-order valence-electron chi connectivity index (χ2n) is 19.7. The summed E-state index contributed by atoms with van der Waals surface area (Å²) in [5.74, 6) is 1.43. The van der Waals surface area contributed by atoms with Gasteiger partial charge < -0.3 is 18.3 Å². The highest BCUT2D eigenvalue weighted by molar-refractivity contribution is 6.18. The number of benzene rings is 11. The topological polar surface area (TPSA) is 62.8 Å². The predicted octanol–water partition coefficient (Wildman–Crippen LogP) is 17.8. The van der Waals surface area contributed by atoms with Gasteiger partial charge in [0.15, 0.2) is 17.5 Å². The molecule has 5 aromatic heterocycles. The summed E-state index contributed by atoms with van der Waals surface area (Å²) in [6.07, 6.45) is 0. The van der Waals surface area contributed by atoms with E-state index in [9.17, 15) is 6.57 Å². The summed E-state index contributed by atoms with van der Waals surface area (Å²) in [4.78, 5) is 21.7. The molecule has 8 heteroatoms. The number of aromatic nitrogens is 7. The molecule has 5 heterocycles. The molecule has 362 valence electrons. The van der Waals surface area contributed by atoms with Crippen molar-refractivity contribution in [1.82, 2.24) is 33.2 Å². The Hall–Kier alpha value is -10.9. The fourth-order valence-electron chi connectivity index (χ4n) is 12.4. The number of rotatable bonds is 7. The molecule has 16 rings (SSSR count). The van der Waals surface area contributed by atoms with Crippen LogP contribution in [0, 0.1) is 6.57 Å². The van der Waals surface area contributed by atoms with Crippen LogP contribution in [0.4, 0.5) is 5.69 Å². The van der Waals surface area contributed by atoms with Gasteiger partial charge in [-0.3, -0.25) is 0 Å². The lowest BCUT2D eigenvalue weighted by molar-refractivity contribution is 1.02. The molecule has 0 aliphatic heterocycles. The average Bonchev–Trinajstić information content (AvgIpc) is 4.34. The molecule has 8 nitrogen and oxygen atoms in total. The molecule has 78 heavy (non-hydrogen) atoms. The van der Waals surface area contributed by atoms with Crippen LogP contribution in [-0.2, 0) is 0 Å². The van der Waals surface area contributed by atoms with Crippen molar-refractivity contribution < 1.29 is 0 Å². The van der Waals surface area contributed by atoms with E-state index in [-0.39, 0.29) is 0 Å². The summed E-state index contributed by atoms with van der Waals surface area (Å²) < 4.78 is 9.50. The largest absolute Gasteiger partial charge is 0.318 e. The first kappa shape index (κ1) is 43.5. The summed E-state index contributed by atoms with van der Waals surface area (Å²) in [7, 11) is 0. The van der Waals surface area contributed by atoms with Gasteiger partial charge in [-0.2, -0.15) is 0 Å². The van der Waals surface area contributed by atoms with E-state index in [1.54, 1.807) is 0 Å². The second kappa shape index (κ2) is 17.1. The Bertz CT molecular complexity index is 4900. The maximum Gasteiger partial charge on any atom is 0.236 e. The van der Waals surface area contributed by atoms with Crippen LogP contribution in [0.25, 0.3) is 149 Å². The Morgan fingerprint density at radius 3 is 0.795 bits per heavy atom. The Balaban J connectivity index is 1.27. The Kier molecular flexibility index (Phi) is 9.53. The van der Waals surface area contributed by atoms with Crippen LogP contribution in [0.3, 0.4) is 0 Å². The summed E-state index contributed by atoms with van der Waals surface area (Å²) >= 11 is 0. The number of hydrogen-bond acceptors (Lipinski definition) is 3. The van der Waals surface area contributed by atoms with Crippen molar-refractivity contribution in [2.24, 2.45) is 0 Å². The molecule has 0 atom stereocenters. The van der Waals surface area contributed by atoms with Crippen LogP contribution in [0.2, 0.25) is 0 Å². The van der Waals surface area contributed by atoms with Crippen molar-refractivity contribution >= 4 is 92.9 Å². The molecule has 11 aromatic carbocycles. The average molecular weight is 995 g/mol. The second-order valence-corrected chi connectivity index (χ2v) is 19.7. The Morgan fingerprint density at radius 1 is 0.244 bits per heavy atom. The van der Waals surface area contributed by atoms with E-state index in [4.69, 9.17) is 19.8 Å². The smallest absolute Gasteiger partial charge is 0.236 e. The first-order valence-corrected chi connectivity index (χ1v) is 26.2. The Morgan fingerprint density at radius 2 is 0.487 bits per heavy atom. The maximum atomic E-state index is 10.1. The van der Waals surface area contributed by atoms with Crippen molar-refractivity contribution in [3.8, 4) is 56.9 Å². The van der Waals surface area contributed by atoms with Crippen LogP contribution in [0.15, 0.2) is 255 Å². The van der Waals surface area contributed by atoms with Gasteiger partial charge in [0, 0.05) is 54.2 Å². The molecule has 0 saturated carbocycles. The third kappa shape index (κ3) is 6.24. The van der Waals surface area contributed by atoms with Crippen LogP contribution in [0.1, 0.15) is 0 Å². The monoisotopic (exact) mass is 994 g/mol. The van der Waals surface area contributed by atoms with Gasteiger partial charge in [-0.15, -0.1) is 0 Å². The molecule has 0 unspecified atom stereocenters. The summed E-state index contributed by atoms with van der Waals surface area (Å²) in [6.45, 7) is 10.1. The van der Waals surface area contributed by atoms with Crippen molar-refractivity contribution in [2.45, 2.75) is 0 Å². The van der Waals surface area contributed by atoms with Gasteiger partial charge in [0.1, 0.15) is 0 Å². The predicted molar refractivity (Wildman–Crippen MR) is 320 cm³/mol. The van der Waals surface area contributed by atoms with Gasteiger partial charge in [0.05, 0.1) is 79.0 Å². The van der Waals surface area contributed by atoms with E-state index >= 15 is 0 Å². The van der Waals surface area contributed by atoms with Gasteiger partial charge in [0.2, 0.25) is 5.69 Å². The normalized spacial score (nSPS) is 11.8. The molecule has 0 saturated heterocycles. The summed E-state index contributed by atoms with van der Waals surface area (Å²) in [5.41, 5.74) is 13.5. The fourth-order valence-corrected chi connectivity index (χ4v) is 12.4. The van der Waals surface area contributed by atoms with Gasteiger partial charge in [-0.05, 0) is 48.5 Å². The molecular weight excluding hydrogens is 953 g/mol. The lowest BCUT2D eigenvalue weighted by Crippen LogP contribution is -2.15. The molecule has 16 aromatic rings. The highest BCUT2D eigenvalue weighted by atomic mass is 15.2. The molecule has 0 aliphatic carbocycles. The van der Waals surface area contributed by atoms with Gasteiger partial charge in [0.25, 0.3) is 0 Å². The van der Waals surface area contributed by atoms with E-state index in [0.717, 1.165) is 110 Å². The number of fused-ring (bicyclic) bond motifs is 12.